The van der Waals surface area contributed by atoms with Crippen molar-refractivity contribution in [1.29, 1.82) is 0 Å². The minimum atomic E-state index is -0.799. The number of amides is 2. The number of hydrogen-bond acceptors (Lipinski definition) is 5. The molecule has 0 saturated carbocycles. The van der Waals surface area contributed by atoms with Gasteiger partial charge in [0, 0.05) is 6.42 Å². The van der Waals surface area contributed by atoms with Crippen LogP contribution in [0, 0.1) is 0 Å². The zero-order chi connectivity index (χ0) is 19.5. The van der Waals surface area contributed by atoms with Crippen molar-refractivity contribution in [2.45, 2.75) is 57.7 Å². The molecular formula is C19H30N4O3. The fourth-order valence-corrected chi connectivity index (χ4v) is 2.50. The molecule has 2 amide bonds. The fourth-order valence-electron chi connectivity index (χ4n) is 2.50. The Morgan fingerprint density at radius 1 is 1.00 bits per heavy atom. The molecule has 1 rings (SSSR count). The third kappa shape index (κ3) is 7.76. The van der Waals surface area contributed by atoms with E-state index in [4.69, 9.17) is 11.5 Å². The summed E-state index contributed by atoms with van der Waals surface area (Å²) in [6.45, 7) is 3.54. The highest BCUT2D eigenvalue weighted by molar-refractivity contribution is 5.93. The molecule has 26 heavy (non-hydrogen) atoms. The van der Waals surface area contributed by atoms with Crippen molar-refractivity contribution >= 4 is 17.6 Å². The number of rotatable bonds is 11. The number of hydrogen-bond donors (Lipinski definition) is 4. The van der Waals surface area contributed by atoms with Crippen molar-refractivity contribution in [2.75, 3.05) is 6.54 Å². The van der Waals surface area contributed by atoms with E-state index >= 15 is 0 Å². The Morgan fingerprint density at radius 3 is 2.15 bits per heavy atom. The van der Waals surface area contributed by atoms with Gasteiger partial charge in [-0.25, -0.2) is 0 Å². The lowest BCUT2D eigenvalue weighted by Gasteiger charge is -2.23. The topological polar surface area (TPSA) is 127 Å². The number of carbonyl (C=O) groups excluding carboxylic acids is 3. The second-order valence-corrected chi connectivity index (χ2v) is 6.50. The Hall–Kier alpha value is -2.25. The first kappa shape index (κ1) is 21.8. The summed E-state index contributed by atoms with van der Waals surface area (Å²) >= 11 is 0. The van der Waals surface area contributed by atoms with E-state index in [1.165, 1.54) is 6.92 Å². The molecule has 0 heterocycles. The maximum absolute atomic E-state index is 12.7. The highest BCUT2D eigenvalue weighted by Crippen LogP contribution is 2.06. The first-order valence-electron chi connectivity index (χ1n) is 8.96. The van der Waals surface area contributed by atoms with Gasteiger partial charge < -0.3 is 22.1 Å². The number of nitrogens with two attached hydrogens (primary N) is 2. The molecule has 7 heteroatoms. The zero-order valence-corrected chi connectivity index (χ0v) is 15.5. The van der Waals surface area contributed by atoms with Gasteiger partial charge in [0.15, 0.2) is 5.78 Å². The van der Waals surface area contributed by atoms with Gasteiger partial charge in [-0.3, -0.25) is 14.4 Å². The van der Waals surface area contributed by atoms with Crippen molar-refractivity contribution in [3.05, 3.63) is 35.9 Å². The van der Waals surface area contributed by atoms with Crippen molar-refractivity contribution < 1.29 is 14.4 Å². The summed E-state index contributed by atoms with van der Waals surface area (Å²) < 4.78 is 0. The van der Waals surface area contributed by atoms with Crippen LogP contribution in [0.1, 0.15) is 38.7 Å². The second kappa shape index (κ2) is 11.4. The predicted molar refractivity (Wildman–Crippen MR) is 101 cm³/mol. The molecule has 144 valence electrons. The molecular weight excluding hydrogens is 332 g/mol. The van der Waals surface area contributed by atoms with E-state index in [0.29, 0.717) is 19.4 Å². The molecule has 7 nitrogen and oxygen atoms in total. The van der Waals surface area contributed by atoms with Gasteiger partial charge in [0.2, 0.25) is 11.8 Å². The Morgan fingerprint density at radius 2 is 1.62 bits per heavy atom. The van der Waals surface area contributed by atoms with Gasteiger partial charge in [-0.15, -0.1) is 0 Å². The van der Waals surface area contributed by atoms with E-state index in [1.54, 1.807) is 6.92 Å². The first-order valence-corrected chi connectivity index (χ1v) is 8.96. The molecule has 3 atom stereocenters. The highest BCUT2D eigenvalue weighted by Gasteiger charge is 2.26. The summed E-state index contributed by atoms with van der Waals surface area (Å²) in [6, 6.07) is 7.25. The molecule has 0 spiro atoms. The van der Waals surface area contributed by atoms with Crippen LogP contribution in [0.15, 0.2) is 30.3 Å². The molecule has 0 bridgehead atoms. The summed E-state index contributed by atoms with van der Waals surface area (Å²) in [5, 5.41) is 5.42. The van der Waals surface area contributed by atoms with Gasteiger partial charge in [0.05, 0.1) is 12.1 Å². The first-order chi connectivity index (χ1) is 12.3. The van der Waals surface area contributed by atoms with Gasteiger partial charge in [-0.2, -0.15) is 0 Å². The van der Waals surface area contributed by atoms with Crippen LogP contribution in [0.4, 0.5) is 0 Å². The second-order valence-electron chi connectivity index (χ2n) is 6.50. The van der Waals surface area contributed by atoms with Crippen molar-refractivity contribution in [3.8, 4) is 0 Å². The molecule has 1 aromatic carbocycles. The Labute approximate surface area is 154 Å². The van der Waals surface area contributed by atoms with E-state index in [0.717, 1.165) is 18.4 Å². The standard InChI is InChI=1S/C19H30N4O3/c1-13(21)18(25)23-17(12-15-8-4-3-5-9-15)19(26)22-16(14(2)24)10-6-7-11-20/h3-5,8-9,13,16-17H,6-7,10-12,20-21H2,1-2H3,(H,22,26)(H,23,25)/t13-,16+,17-/m0/s1. The highest BCUT2D eigenvalue weighted by atomic mass is 16.2. The van der Waals surface area contributed by atoms with Crippen LogP contribution in [0.2, 0.25) is 0 Å². The maximum atomic E-state index is 12.7. The molecule has 0 aliphatic rings. The number of unbranched alkanes of at least 4 members (excludes halogenated alkanes) is 1. The third-order valence-corrected chi connectivity index (χ3v) is 4.08. The summed E-state index contributed by atoms with van der Waals surface area (Å²) in [6.07, 6.45) is 2.38. The molecule has 0 aliphatic heterocycles. The summed E-state index contributed by atoms with van der Waals surface area (Å²) in [4.78, 5) is 36.5. The van der Waals surface area contributed by atoms with Crippen LogP contribution >= 0.6 is 0 Å². The lowest BCUT2D eigenvalue weighted by atomic mass is 10.0. The van der Waals surface area contributed by atoms with Crippen LogP contribution in [0.3, 0.4) is 0 Å². The number of benzene rings is 1. The Kier molecular flexibility index (Phi) is 9.54. The van der Waals surface area contributed by atoms with Crippen LogP contribution in [-0.2, 0) is 20.8 Å². The van der Waals surface area contributed by atoms with Crippen LogP contribution in [0.25, 0.3) is 0 Å². The number of ketones is 1. The largest absolute Gasteiger partial charge is 0.345 e. The van der Waals surface area contributed by atoms with Crippen LogP contribution < -0.4 is 22.1 Å². The van der Waals surface area contributed by atoms with Gasteiger partial charge >= 0.3 is 0 Å². The van der Waals surface area contributed by atoms with Gasteiger partial charge in [-0.05, 0) is 45.2 Å². The molecule has 0 aliphatic carbocycles. The average Bonchev–Trinajstić information content (AvgIpc) is 2.60. The maximum Gasteiger partial charge on any atom is 0.243 e. The van der Waals surface area contributed by atoms with Crippen LogP contribution in [0.5, 0.6) is 0 Å². The Balaban J connectivity index is 2.83. The minimum Gasteiger partial charge on any atom is -0.345 e. The molecule has 0 aromatic heterocycles. The quantitative estimate of drug-likeness (QED) is 0.420. The predicted octanol–water partition coefficient (Wildman–Crippen LogP) is 0.264. The Bertz CT molecular complexity index is 590. The zero-order valence-electron chi connectivity index (χ0n) is 15.5. The number of nitrogens with one attached hydrogen (secondary N) is 2. The van der Waals surface area contributed by atoms with Gasteiger partial charge in [0.25, 0.3) is 0 Å². The third-order valence-electron chi connectivity index (χ3n) is 4.08. The molecule has 6 N–H and O–H groups in total. The van der Waals surface area contributed by atoms with Crippen LogP contribution in [-0.4, -0.2) is 42.3 Å². The van der Waals surface area contributed by atoms with Gasteiger partial charge in [-0.1, -0.05) is 30.3 Å². The molecule has 1 aromatic rings. The lowest BCUT2D eigenvalue weighted by Crippen LogP contribution is -2.54. The monoisotopic (exact) mass is 362 g/mol. The normalized spacial score (nSPS) is 14.2. The van der Waals surface area contributed by atoms with Crippen molar-refractivity contribution in [3.63, 3.8) is 0 Å². The fraction of sp³-hybridized carbons (Fsp3) is 0.526. The summed E-state index contributed by atoms with van der Waals surface area (Å²) in [5.41, 5.74) is 12.0. The summed E-state index contributed by atoms with van der Waals surface area (Å²) in [7, 11) is 0. The molecule has 0 radical (unpaired) electrons. The lowest BCUT2D eigenvalue weighted by molar-refractivity contribution is -0.131. The van der Waals surface area contributed by atoms with E-state index in [9.17, 15) is 14.4 Å². The van der Waals surface area contributed by atoms with E-state index in [1.807, 2.05) is 30.3 Å². The van der Waals surface area contributed by atoms with E-state index in [2.05, 4.69) is 10.6 Å². The molecule has 0 saturated heterocycles. The van der Waals surface area contributed by atoms with Crippen molar-refractivity contribution in [2.24, 2.45) is 11.5 Å². The van der Waals surface area contributed by atoms with E-state index < -0.39 is 29.9 Å². The molecule has 0 unspecified atom stereocenters. The smallest absolute Gasteiger partial charge is 0.243 e. The van der Waals surface area contributed by atoms with E-state index in [-0.39, 0.29) is 5.78 Å². The number of Topliss-reactive ketones (excluding diaryl/α,β-unsaturated/α-hetero) is 1. The SMILES string of the molecule is CC(=O)[C@@H](CCCCN)NC(=O)[C@H](Cc1ccccc1)NC(=O)[C@H](C)N. The number of carbonyl (C=O) groups is 3. The molecule has 0 fully saturated rings. The summed E-state index contributed by atoms with van der Waals surface area (Å²) in [5.74, 6) is -0.924. The van der Waals surface area contributed by atoms with Crippen molar-refractivity contribution in [1.82, 2.24) is 10.6 Å². The average molecular weight is 362 g/mol. The minimum absolute atomic E-state index is 0.118. The van der Waals surface area contributed by atoms with Gasteiger partial charge in [0.1, 0.15) is 6.04 Å².